The topological polar surface area (TPSA) is 50.7 Å². The minimum Gasteiger partial charge on any atom is -0.619 e. The van der Waals surface area contributed by atoms with Crippen LogP contribution in [0.3, 0.4) is 0 Å². The highest BCUT2D eigenvalue weighted by Crippen LogP contribution is 1.90. The van der Waals surface area contributed by atoms with Crippen LogP contribution in [0.1, 0.15) is 12.0 Å². The zero-order chi connectivity index (χ0) is 8.81. The van der Waals surface area contributed by atoms with Gasteiger partial charge in [0.2, 0.25) is 0 Å². The summed E-state index contributed by atoms with van der Waals surface area (Å²) in [6, 6.07) is 5.23. The molecule has 0 saturated carbocycles. The number of hydrogen-bond donors (Lipinski definition) is 0. The molecule has 1 aromatic heterocycles. The van der Waals surface area contributed by atoms with E-state index in [1.807, 2.05) is 6.07 Å². The van der Waals surface area contributed by atoms with Gasteiger partial charge in [-0.2, -0.15) is 9.99 Å². The van der Waals surface area contributed by atoms with E-state index < -0.39 is 0 Å². The molecule has 1 heterocycles. The molecule has 58 valence electrons. The van der Waals surface area contributed by atoms with Gasteiger partial charge < -0.3 is 5.21 Å². The lowest BCUT2D eigenvalue weighted by molar-refractivity contribution is -0.605. The summed E-state index contributed by atoms with van der Waals surface area (Å²) in [7, 11) is 0. The molecule has 0 bridgehead atoms. The summed E-state index contributed by atoms with van der Waals surface area (Å²) < 4.78 is 0.677. The van der Waals surface area contributed by atoms with E-state index in [1.165, 1.54) is 12.4 Å². The summed E-state index contributed by atoms with van der Waals surface area (Å²) in [6.07, 6.45) is 2.94. The van der Waals surface area contributed by atoms with Gasteiger partial charge in [0.1, 0.15) is 0 Å². The number of hydrogen-bond acceptors (Lipinski definition) is 2. The first kappa shape index (κ1) is 8.10. The van der Waals surface area contributed by atoms with E-state index in [2.05, 4.69) is 11.8 Å². The van der Waals surface area contributed by atoms with Crippen molar-refractivity contribution in [3.63, 3.8) is 0 Å². The molecule has 0 atom stereocenters. The molecule has 12 heavy (non-hydrogen) atoms. The molecule has 0 aliphatic heterocycles. The van der Waals surface area contributed by atoms with Crippen LogP contribution in [0, 0.1) is 28.4 Å². The van der Waals surface area contributed by atoms with Gasteiger partial charge >= 0.3 is 0 Å². The van der Waals surface area contributed by atoms with E-state index in [4.69, 9.17) is 5.26 Å². The van der Waals surface area contributed by atoms with Crippen LogP contribution in [0.5, 0.6) is 0 Å². The number of aromatic nitrogens is 1. The molecular weight excluding hydrogens is 152 g/mol. The Morgan fingerprint density at radius 2 is 2.42 bits per heavy atom. The van der Waals surface area contributed by atoms with E-state index in [0.717, 1.165) is 0 Å². The maximum atomic E-state index is 10.7. The van der Waals surface area contributed by atoms with Gasteiger partial charge in [0, 0.05) is 6.07 Å². The third-order valence-corrected chi connectivity index (χ3v) is 1.18. The zero-order valence-corrected chi connectivity index (χ0v) is 6.32. The molecule has 0 aliphatic carbocycles. The predicted octanol–water partition coefficient (Wildman–Crippen LogP) is 0.585. The molecule has 0 aliphatic rings. The fourth-order valence-corrected chi connectivity index (χ4v) is 0.714. The molecule has 0 N–H and O–H groups in total. The molecule has 1 rings (SSSR count). The van der Waals surface area contributed by atoms with Crippen molar-refractivity contribution in [2.75, 3.05) is 0 Å². The van der Waals surface area contributed by atoms with Gasteiger partial charge in [-0.3, -0.25) is 0 Å². The summed E-state index contributed by atoms with van der Waals surface area (Å²) in [5.74, 6) is 5.31. The molecular formula is C9H6N2O. The highest BCUT2D eigenvalue weighted by molar-refractivity contribution is 5.30. The highest BCUT2D eigenvalue weighted by atomic mass is 16.5. The zero-order valence-electron chi connectivity index (χ0n) is 6.32. The molecule has 0 fully saturated rings. The van der Waals surface area contributed by atoms with Gasteiger partial charge in [0.25, 0.3) is 0 Å². The van der Waals surface area contributed by atoms with Crippen LogP contribution in [0.4, 0.5) is 0 Å². The van der Waals surface area contributed by atoms with Crippen LogP contribution in [0.15, 0.2) is 24.5 Å². The van der Waals surface area contributed by atoms with Crippen molar-refractivity contribution in [2.45, 2.75) is 6.42 Å². The predicted molar refractivity (Wildman–Crippen MR) is 42.5 cm³/mol. The molecule has 0 aromatic carbocycles. The number of pyridine rings is 1. The number of nitriles is 1. The summed E-state index contributed by atoms with van der Waals surface area (Å²) in [5, 5.41) is 18.9. The summed E-state index contributed by atoms with van der Waals surface area (Å²) in [4.78, 5) is 0. The molecule has 0 amide bonds. The van der Waals surface area contributed by atoms with Crippen molar-refractivity contribution in [3.05, 3.63) is 35.3 Å². The molecule has 3 nitrogen and oxygen atoms in total. The van der Waals surface area contributed by atoms with Crippen LogP contribution in [-0.2, 0) is 0 Å². The van der Waals surface area contributed by atoms with E-state index in [9.17, 15) is 5.21 Å². The lowest BCUT2D eigenvalue weighted by atomic mass is 10.3. The van der Waals surface area contributed by atoms with E-state index >= 15 is 0 Å². The summed E-state index contributed by atoms with van der Waals surface area (Å²) in [6.45, 7) is 0. The SMILES string of the molecule is N#CCC#Cc1ccc[n+]([O-])c1. The first-order chi connectivity index (χ1) is 5.83. The van der Waals surface area contributed by atoms with E-state index in [-0.39, 0.29) is 6.42 Å². The lowest BCUT2D eigenvalue weighted by Crippen LogP contribution is -2.24. The largest absolute Gasteiger partial charge is 0.619 e. The van der Waals surface area contributed by atoms with Crippen LogP contribution in [-0.4, -0.2) is 0 Å². The van der Waals surface area contributed by atoms with Gasteiger partial charge in [-0.15, -0.1) is 0 Å². The molecule has 1 aromatic rings. The first-order valence-corrected chi connectivity index (χ1v) is 3.37. The van der Waals surface area contributed by atoms with Crippen LogP contribution in [0.25, 0.3) is 0 Å². The Morgan fingerprint density at radius 3 is 3.08 bits per heavy atom. The molecule has 0 unspecified atom stereocenters. The van der Waals surface area contributed by atoms with Crippen LogP contribution < -0.4 is 4.73 Å². The standard InChI is InChI=1S/C9H6N2O/c10-6-2-1-4-9-5-3-7-11(12)8-9/h3,5,7-8H,2H2. The van der Waals surface area contributed by atoms with E-state index in [0.29, 0.717) is 10.3 Å². The highest BCUT2D eigenvalue weighted by Gasteiger charge is 1.89. The van der Waals surface area contributed by atoms with Crippen molar-refractivity contribution in [1.29, 1.82) is 5.26 Å². The third-order valence-electron chi connectivity index (χ3n) is 1.18. The second-order valence-corrected chi connectivity index (χ2v) is 2.09. The second-order valence-electron chi connectivity index (χ2n) is 2.09. The Balaban J connectivity index is 2.79. The Hall–Kier alpha value is -2.00. The van der Waals surface area contributed by atoms with E-state index in [1.54, 1.807) is 12.1 Å². The Morgan fingerprint density at radius 1 is 1.58 bits per heavy atom. The van der Waals surface area contributed by atoms with Gasteiger partial charge in [-0.05, 0) is 6.07 Å². The number of nitrogens with zero attached hydrogens (tertiary/aromatic N) is 2. The normalized spacial score (nSPS) is 7.92. The quantitative estimate of drug-likeness (QED) is 0.315. The van der Waals surface area contributed by atoms with Crippen molar-refractivity contribution in [2.24, 2.45) is 0 Å². The minimum absolute atomic E-state index is 0.188. The average Bonchev–Trinajstić information content (AvgIpc) is 2.05. The lowest BCUT2D eigenvalue weighted by Gasteiger charge is -1.92. The van der Waals surface area contributed by atoms with Gasteiger partial charge in [0.15, 0.2) is 12.4 Å². The maximum Gasteiger partial charge on any atom is 0.195 e. The second kappa shape index (κ2) is 4.00. The van der Waals surface area contributed by atoms with Crippen LogP contribution >= 0.6 is 0 Å². The fourth-order valence-electron chi connectivity index (χ4n) is 0.714. The van der Waals surface area contributed by atoms with Gasteiger partial charge in [0.05, 0.1) is 18.1 Å². The Kier molecular flexibility index (Phi) is 2.70. The monoisotopic (exact) mass is 158 g/mol. The molecule has 0 spiro atoms. The van der Waals surface area contributed by atoms with Crippen LogP contribution in [0.2, 0.25) is 0 Å². The van der Waals surface area contributed by atoms with Crippen molar-refractivity contribution < 1.29 is 4.73 Å². The fraction of sp³-hybridized carbons (Fsp3) is 0.111. The summed E-state index contributed by atoms with van der Waals surface area (Å²) >= 11 is 0. The van der Waals surface area contributed by atoms with Crippen molar-refractivity contribution >= 4 is 0 Å². The Bertz CT molecular complexity index is 368. The summed E-state index contributed by atoms with van der Waals surface area (Å²) in [5.41, 5.74) is 0.628. The first-order valence-electron chi connectivity index (χ1n) is 3.37. The molecule has 0 saturated heterocycles. The van der Waals surface area contributed by atoms with Crippen molar-refractivity contribution in [1.82, 2.24) is 0 Å². The van der Waals surface area contributed by atoms with Gasteiger partial charge in [-0.1, -0.05) is 11.8 Å². The number of rotatable bonds is 0. The average molecular weight is 158 g/mol. The maximum absolute atomic E-state index is 10.7. The minimum atomic E-state index is 0.188. The van der Waals surface area contributed by atoms with Crippen molar-refractivity contribution in [3.8, 4) is 17.9 Å². The smallest absolute Gasteiger partial charge is 0.195 e. The Labute approximate surface area is 70.5 Å². The van der Waals surface area contributed by atoms with Gasteiger partial charge in [-0.25, -0.2) is 0 Å². The molecule has 0 radical (unpaired) electrons. The third kappa shape index (κ3) is 2.32. The molecule has 3 heteroatoms.